The van der Waals surface area contributed by atoms with Crippen LogP contribution in [0.1, 0.15) is 24.2 Å². The van der Waals surface area contributed by atoms with Crippen LogP contribution in [0.2, 0.25) is 0 Å². The summed E-state index contributed by atoms with van der Waals surface area (Å²) in [6, 6.07) is 12.8. The lowest BCUT2D eigenvalue weighted by atomic mass is 9.99. The van der Waals surface area contributed by atoms with Crippen molar-refractivity contribution in [3.8, 4) is 17.2 Å². The number of hydrogen-bond donors (Lipinski definition) is 3. The molecule has 0 saturated carbocycles. The van der Waals surface area contributed by atoms with Crippen molar-refractivity contribution in [3.05, 3.63) is 72.0 Å². The van der Waals surface area contributed by atoms with Crippen molar-refractivity contribution in [2.45, 2.75) is 30.9 Å². The number of ether oxygens (including phenoxy) is 3. The van der Waals surface area contributed by atoms with Crippen LogP contribution in [0.25, 0.3) is 0 Å². The van der Waals surface area contributed by atoms with Crippen molar-refractivity contribution < 1.29 is 41.7 Å². The molecule has 0 aromatic heterocycles. The van der Waals surface area contributed by atoms with Gasteiger partial charge in [-0.05, 0) is 61.5 Å². The molecule has 234 valence electrons. The molecule has 0 spiro atoms. The Morgan fingerprint density at radius 1 is 1.07 bits per heavy atom. The van der Waals surface area contributed by atoms with Crippen LogP contribution in [0.3, 0.4) is 0 Å². The number of aliphatic hydroxyl groups is 1. The molecule has 3 aromatic rings. The van der Waals surface area contributed by atoms with Gasteiger partial charge in [0.2, 0.25) is 6.79 Å². The number of aliphatic hydroxyl groups excluding tert-OH is 1. The average molecular weight is 629 g/mol. The number of likely N-dealkylation sites (N-methyl/N-ethyl adjacent to an activating group) is 1. The largest absolute Gasteiger partial charge is 0.487 e. The van der Waals surface area contributed by atoms with Crippen LogP contribution in [-0.2, 0) is 10.0 Å². The number of halogens is 1. The topological polar surface area (TPSA) is 147 Å². The van der Waals surface area contributed by atoms with Crippen molar-refractivity contribution in [3.63, 3.8) is 0 Å². The zero-order valence-electron chi connectivity index (χ0n) is 24.3. The van der Waals surface area contributed by atoms with Gasteiger partial charge in [0.25, 0.3) is 15.9 Å². The molecule has 14 heteroatoms. The van der Waals surface area contributed by atoms with E-state index in [1.54, 1.807) is 32.2 Å². The SMILES string of the molecule is C[C@H]1CN([C@@H](C)CO)C(=O)c2cc(NS(=O)(=O)c3ccc(F)cc3)ccc2O[C@H]1CN(C)C(=O)Nc1ccc2c(c1)OCO2. The summed E-state index contributed by atoms with van der Waals surface area (Å²) >= 11 is 0. The van der Waals surface area contributed by atoms with E-state index in [9.17, 15) is 27.5 Å². The number of benzene rings is 3. The summed E-state index contributed by atoms with van der Waals surface area (Å²) in [7, 11) is -2.47. The maximum Gasteiger partial charge on any atom is 0.321 e. The van der Waals surface area contributed by atoms with E-state index in [0.717, 1.165) is 24.3 Å². The third-order valence-electron chi connectivity index (χ3n) is 7.47. The first-order valence-corrected chi connectivity index (χ1v) is 15.4. The Hall–Kier alpha value is -4.56. The first-order valence-electron chi connectivity index (χ1n) is 13.9. The van der Waals surface area contributed by atoms with E-state index < -0.39 is 39.9 Å². The molecule has 0 bridgehead atoms. The van der Waals surface area contributed by atoms with E-state index >= 15 is 0 Å². The number of amides is 3. The molecule has 5 rings (SSSR count). The fraction of sp³-hybridized carbons (Fsp3) is 0.333. The number of carbonyl (C=O) groups is 2. The molecule has 3 aromatic carbocycles. The Balaban J connectivity index is 1.38. The number of nitrogens with one attached hydrogen (secondary N) is 2. The zero-order valence-corrected chi connectivity index (χ0v) is 25.1. The Morgan fingerprint density at radius 3 is 2.48 bits per heavy atom. The molecule has 0 radical (unpaired) electrons. The van der Waals surface area contributed by atoms with Gasteiger partial charge in [-0.2, -0.15) is 0 Å². The second-order valence-electron chi connectivity index (χ2n) is 10.8. The molecule has 2 aliphatic rings. The lowest BCUT2D eigenvalue weighted by Gasteiger charge is -2.38. The maximum atomic E-state index is 13.7. The number of anilines is 2. The van der Waals surface area contributed by atoms with E-state index in [4.69, 9.17) is 14.2 Å². The highest BCUT2D eigenvalue weighted by Gasteiger charge is 2.34. The average Bonchev–Trinajstić information content (AvgIpc) is 3.47. The molecule has 12 nitrogen and oxygen atoms in total. The number of carbonyl (C=O) groups excluding carboxylic acids is 2. The van der Waals surface area contributed by atoms with Crippen LogP contribution in [0, 0.1) is 11.7 Å². The summed E-state index contributed by atoms with van der Waals surface area (Å²) < 4.78 is 58.6. The summed E-state index contributed by atoms with van der Waals surface area (Å²) in [5.74, 6) is 0.0133. The van der Waals surface area contributed by atoms with Gasteiger partial charge < -0.3 is 34.4 Å². The highest BCUT2D eigenvalue weighted by molar-refractivity contribution is 7.92. The van der Waals surface area contributed by atoms with E-state index in [1.807, 2.05) is 6.92 Å². The van der Waals surface area contributed by atoms with Crippen LogP contribution in [0.5, 0.6) is 17.2 Å². The minimum atomic E-state index is -4.09. The summed E-state index contributed by atoms with van der Waals surface area (Å²) in [5.41, 5.74) is 0.688. The zero-order chi connectivity index (χ0) is 31.6. The van der Waals surface area contributed by atoms with E-state index in [1.165, 1.54) is 28.0 Å². The van der Waals surface area contributed by atoms with Crippen LogP contribution >= 0.6 is 0 Å². The second kappa shape index (κ2) is 12.6. The summed E-state index contributed by atoms with van der Waals surface area (Å²) in [6.45, 7) is 3.75. The fourth-order valence-electron chi connectivity index (χ4n) is 4.88. The van der Waals surface area contributed by atoms with Crippen molar-refractivity contribution in [2.24, 2.45) is 5.92 Å². The molecule has 0 unspecified atom stereocenters. The smallest absolute Gasteiger partial charge is 0.321 e. The fourth-order valence-corrected chi connectivity index (χ4v) is 5.93. The summed E-state index contributed by atoms with van der Waals surface area (Å²) in [5, 5.41) is 12.7. The van der Waals surface area contributed by atoms with Crippen molar-refractivity contribution in [2.75, 3.05) is 43.6 Å². The van der Waals surface area contributed by atoms with Crippen LogP contribution in [0.15, 0.2) is 65.6 Å². The van der Waals surface area contributed by atoms with Crippen LogP contribution in [-0.4, -0.2) is 80.9 Å². The first-order chi connectivity index (χ1) is 20.9. The van der Waals surface area contributed by atoms with Gasteiger partial charge in [0.05, 0.1) is 29.7 Å². The number of nitrogens with zero attached hydrogens (tertiary/aromatic N) is 2. The molecular formula is C30H33FN4O8S. The van der Waals surface area contributed by atoms with E-state index in [0.29, 0.717) is 17.2 Å². The number of hydrogen-bond acceptors (Lipinski definition) is 8. The number of sulfonamides is 1. The molecule has 0 aliphatic carbocycles. The normalized spacial score (nSPS) is 18.4. The molecule has 3 atom stereocenters. The number of fused-ring (bicyclic) bond motifs is 2. The minimum Gasteiger partial charge on any atom is -0.487 e. The Labute approximate surface area is 254 Å². The molecule has 0 fully saturated rings. The molecular weight excluding hydrogens is 595 g/mol. The van der Waals surface area contributed by atoms with Gasteiger partial charge in [-0.3, -0.25) is 9.52 Å². The van der Waals surface area contributed by atoms with Crippen molar-refractivity contribution in [1.82, 2.24) is 9.80 Å². The van der Waals surface area contributed by atoms with Gasteiger partial charge in [-0.1, -0.05) is 6.92 Å². The Kier molecular flexibility index (Phi) is 8.83. The summed E-state index contributed by atoms with van der Waals surface area (Å²) in [4.78, 5) is 29.6. The van der Waals surface area contributed by atoms with Gasteiger partial charge >= 0.3 is 6.03 Å². The Bertz CT molecular complexity index is 1650. The molecule has 2 heterocycles. The molecule has 0 saturated heterocycles. The van der Waals surface area contributed by atoms with Gasteiger partial charge in [-0.15, -0.1) is 0 Å². The molecule has 3 amide bonds. The highest BCUT2D eigenvalue weighted by Crippen LogP contribution is 2.35. The highest BCUT2D eigenvalue weighted by atomic mass is 32.2. The third-order valence-corrected chi connectivity index (χ3v) is 8.86. The Morgan fingerprint density at radius 2 is 1.75 bits per heavy atom. The lowest BCUT2D eigenvalue weighted by Crippen LogP contribution is -2.50. The minimum absolute atomic E-state index is 0.0778. The van der Waals surface area contributed by atoms with Gasteiger partial charge in [0, 0.05) is 37.0 Å². The second-order valence-corrected chi connectivity index (χ2v) is 12.5. The van der Waals surface area contributed by atoms with Crippen LogP contribution in [0.4, 0.5) is 20.6 Å². The van der Waals surface area contributed by atoms with E-state index in [-0.39, 0.29) is 54.3 Å². The molecule has 2 aliphatic heterocycles. The first kappa shape index (κ1) is 30.9. The lowest BCUT2D eigenvalue weighted by molar-refractivity contribution is 0.0371. The van der Waals surface area contributed by atoms with Gasteiger partial charge in [-0.25, -0.2) is 17.6 Å². The van der Waals surface area contributed by atoms with E-state index in [2.05, 4.69) is 10.0 Å². The number of urea groups is 1. The third kappa shape index (κ3) is 6.65. The number of rotatable bonds is 8. The van der Waals surface area contributed by atoms with Crippen molar-refractivity contribution in [1.29, 1.82) is 0 Å². The molecule has 44 heavy (non-hydrogen) atoms. The van der Waals surface area contributed by atoms with Crippen molar-refractivity contribution >= 4 is 33.3 Å². The predicted molar refractivity (Wildman–Crippen MR) is 159 cm³/mol. The maximum absolute atomic E-state index is 13.7. The monoisotopic (exact) mass is 628 g/mol. The standard InChI is InChI=1S/C30H33FN4O8S/c1-18-14-35(19(2)16-36)29(37)24-12-22(33-44(39,40)23-8-4-20(31)5-9-23)7-10-25(24)43-28(18)15-34(3)30(38)32-21-6-11-26-27(13-21)42-17-41-26/h4-13,18-19,28,33,36H,14-17H2,1-3H3,(H,32,38)/t18-,19-,28-/m0/s1. The van der Waals surface area contributed by atoms with Gasteiger partial charge in [0.15, 0.2) is 11.5 Å². The van der Waals surface area contributed by atoms with Gasteiger partial charge in [0.1, 0.15) is 17.7 Å². The van der Waals surface area contributed by atoms with Crippen LogP contribution < -0.4 is 24.2 Å². The summed E-state index contributed by atoms with van der Waals surface area (Å²) in [6.07, 6.45) is -0.579. The predicted octanol–water partition coefficient (Wildman–Crippen LogP) is 3.74. The molecule has 3 N–H and O–H groups in total. The quantitative estimate of drug-likeness (QED) is 0.342.